The number of benzene rings is 1. The number of aromatic nitrogens is 2. The van der Waals surface area contributed by atoms with Crippen molar-refractivity contribution in [2.24, 2.45) is 0 Å². The largest absolute Gasteiger partial charge is 0.361 e. The average Bonchev–Trinajstić information content (AvgIpc) is 3.45. The number of likely N-dealkylation sites (N-methyl/N-ethyl adjacent to an activating group) is 1. The predicted octanol–water partition coefficient (Wildman–Crippen LogP) is 4.38. The van der Waals surface area contributed by atoms with Gasteiger partial charge >= 0.3 is 0 Å². The summed E-state index contributed by atoms with van der Waals surface area (Å²) in [5, 5.41) is 17.3. The van der Waals surface area contributed by atoms with Crippen molar-refractivity contribution in [2.75, 3.05) is 45.1 Å². The standard InChI is InChI=1S/C25H24N6S/c1-30-10-12-31(13-11-30)9-3-2-4-19-17-32-25-23(19)24(20(15-26)16-28-25)29-21-5-6-22-18(14-21)7-8-27-22/h5-8,14,16-17,27H,3,9-13H2,1H3,(H,28,29). The third-order valence-corrected chi connectivity index (χ3v) is 6.80. The van der Waals surface area contributed by atoms with E-state index in [2.05, 4.69) is 56.1 Å². The summed E-state index contributed by atoms with van der Waals surface area (Å²) in [5.74, 6) is 6.69. The number of nitrogens with zero attached hydrogens (tertiary/aromatic N) is 4. The number of nitriles is 1. The van der Waals surface area contributed by atoms with E-state index in [1.165, 1.54) is 0 Å². The van der Waals surface area contributed by atoms with Gasteiger partial charge in [0.2, 0.25) is 0 Å². The second kappa shape index (κ2) is 9.02. The first kappa shape index (κ1) is 20.5. The summed E-state index contributed by atoms with van der Waals surface area (Å²) in [6.45, 7) is 5.44. The second-order valence-electron chi connectivity index (χ2n) is 8.09. The van der Waals surface area contributed by atoms with Gasteiger partial charge in [0, 0.05) is 79.1 Å². The maximum Gasteiger partial charge on any atom is 0.126 e. The number of rotatable bonds is 4. The molecule has 0 unspecified atom stereocenters. The number of fused-ring (bicyclic) bond motifs is 2. The van der Waals surface area contributed by atoms with E-state index in [9.17, 15) is 5.26 Å². The van der Waals surface area contributed by atoms with Crippen molar-refractivity contribution in [3.8, 4) is 17.9 Å². The normalized spacial score (nSPS) is 14.9. The van der Waals surface area contributed by atoms with Crippen molar-refractivity contribution < 1.29 is 0 Å². The molecule has 3 aromatic heterocycles. The first-order valence-corrected chi connectivity index (χ1v) is 11.6. The Balaban J connectivity index is 1.41. The minimum Gasteiger partial charge on any atom is -0.361 e. The van der Waals surface area contributed by atoms with Crippen LogP contribution >= 0.6 is 11.3 Å². The van der Waals surface area contributed by atoms with Crippen LogP contribution in [0.3, 0.4) is 0 Å². The highest BCUT2D eigenvalue weighted by Crippen LogP contribution is 2.35. The Labute approximate surface area is 191 Å². The molecule has 0 bridgehead atoms. The summed E-state index contributed by atoms with van der Waals surface area (Å²) < 4.78 is 0. The summed E-state index contributed by atoms with van der Waals surface area (Å²) in [5.41, 5.74) is 4.24. The minimum absolute atomic E-state index is 0.519. The molecule has 7 heteroatoms. The highest BCUT2D eigenvalue weighted by Gasteiger charge is 2.15. The molecule has 1 aliphatic rings. The van der Waals surface area contributed by atoms with Gasteiger partial charge in [-0.15, -0.1) is 11.3 Å². The van der Waals surface area contributed by atoms with Crippen molar-refractivity contribution in [3.05, 3.63) is 53.2 Å². The fourth-order valence-electron chi connectivity index (χ4n) is 4.03. The number of nitrogens with one attached hydrogen (secondary N) is 2. The average molecular weight is 441 g/mol. The molecule has 6 nitrogen and oxygen atoms in total. The smallest absolute Gasteiger partial charge is 0.126 e. The van der Waals surface area contributed by atoms with Gasteiger partial charge in [0.05, 0.1) is 16.6 Å². The zero-order valence-electron chi connectivity index (χ0n) is 18.0. The lowest BCUT2D eigenvalue weighted by atomic mass is 10.1. The number of thiophene rings is 1. The van der Waals surface area contributed by atoms with Crippen LogP contribution in [0.4, 0.5) is 11.4 Å². The molecule has 2 N–H and O–H groups in total. The first-order valence-electron chi connectivity index (χ1n) is 10.8. The number of hydrogen-bond donors (Lipinski definition) is 2. The molecule has 1 fully saturated rings. The Morgan fingerprint density at radius 3 is 2.91 bits per heavy atom. The molecule has 160 valence electrons. The maximum atomic E-state index is 9.72. The lowest BCUT2D eigenvalue weighted by molar-refractivity contribution is 0.157. The molecule has 0 saturated carbocycles. The van der Waals surface area contributed by atoms with E-state index in [1.54, 1.807) is 17.5 Å². The van der Waals surface area contributed by atoms with Gasteiger partial charge in [-0.3, -0.25) is 4.90 Å². The van der Waals surface area contributed by atoms with Crippen LogP contribution in [0, 0.1) is 23.2 Å². The van der Waals surface area contributed by atoms with Crippen LogP contribution in [0.2, 0.25) is 0 Å². The molecule has 0 spiro atoms. The van der Waals surface area contributed by atoms with Crippen LogP contribution in [0.1, 0.15) is 17.5 Å². The van der Waals surface area contributed by atoms with Crippen molar-refractivity contribution >= 4 is 43.8 Å². The number of piperazine rings is 1. The summed E-state index contributed by atoms with van der Waals surface area (Å²) in [6, 6.07) is 10.4. The van der Waals surface area contributed by atoms with Gasteiger partial charge in [0.1, 0.15) is 10.9 Å². The maximum absolute atomic E-state index is 9.72. The molecule has 1 saturated heterocycles. The molecular formula is C25H24N6S. The van der Waals surface area contributed by atoms with E-state index < -0.39 is 0 Å². The van der Waals surface area contributed by atoms with Crippen LogP contribution in [0.25, 0.3) is 21.1 Å². The molecule has 1 aromatic carbocycles. The van der Waals surface area contributed by atoms with E-state index >= 15 is 0 Å². The SMILES string of the molecule is CN1CCN(CCC#Cc2csc3ncc(C#N)c(Nc4ccc5[nH]ccc5c4)c23)CC1. The number of aromatic amines is 1. The van der Waals surface area contributed by atoms with Crippen molar-refractivity contribution in [1.29, 1.82) is 5.26 Å². The third-order valence-electron chi connectivity index (χ3n) is 5.92. The highest BCUT2D eigenvalue weighted by molar-refractivity contribution is 7.17. The molecule has 5 rings (SSSR count). The van der Waals surface area contributed by atoms with Crippen LogP contribution < -0.4 is 5.32 Å². The summed E-state index contributed by atoms with van der Waals surface area (Å²) in [6.07, 6.45) is 4.40. The fourth-order valence-corrected chi connectivity index (χ4v) is 4.88. The summed E-state index contributed by atoms with van der Waals surface area (Å²) in [7, 11) is 2.17. The molecule has 4 aromatic rings. The number of hydrogen-bond acceptors (Lipinski definition) is 6. The Bertz CT molecular complexity index is 1360. The van der Waals surface area contributed by atoms with Gasteiger partial charge in [-0.25, -0.2) is 4.98 Å². The fraction of sp³-hybridized carbons (Fsp3) is 0.280. The minimum atomic E-state index is 0.519. The summed E-state index contributed by atoms with van der Waals surface area (Å²) >= 11 is 1.56. The molecule has 0 aliphatic carbocycles. The van der Waals surface area contributed by atoms with Crippen LogP contribution in [-0.2, 0) is 0 Å². The van der Waals surface area contributed by atoms with E-state index in [1.807, 2.05) is 29.8 Å². The van der Waals surface area contributed by atoms with E-state index in [4.69, 9.17) is 0 Å². The molecule has 0 atom stereocenters. The molecule has 0 radical (unpaired) electrons. The third kappa shape index (κ3) is 4.19. The van der Waals surface area contributed by atoms with Gasteiger partial charge in [-0.05, 0) is 31.3 Å². The lowest BCUT2D eigenvalue weighted by Gasteiger charge is -2.31. The van der Waals surface area contributed by atoms with Crippen molar-refractivity contribution in [2.45, 2.75) is 6.42 Å². The van der Waals surface area contributed by atoms with Crippen LogP contribution in [-0.4, -0.2) is 59.5 Å². The lowest BCUT2D eigenvalue weighted by Crippen LogP contribution is -2.44. The van der Waals surface area contributed by atoms with Gasteiger partial charge < -0.3 is 15.2 Å². The van der Waals surface area contributed by atoms with E-state index in [0.717, 1.165) is 77.2 Å². The molecular weight excluding hydrogens is 416 g/mol. The number of H-pyrrole nitrogens is 1. The Kier molecular flexibility index (Phi) is 5.79. The number of pyridine rings is 1. The number of anilines is 2. The summed E-state index contributed by atoms with van der Waals surface area (Å²) in [4.78, 5) is 13.4. The van der Waals surface area contributed by atoms with Gasteiger partial charge in [-0.2, -0.15) is 5.26 Å². The Morgan fingerprint density at radius 2 is 2.06 bits per heavy atom. The van der Waals surface area contributed by atoms with Crippen molar-refractivity contribution in [1.82, 2.24) is 19.8 Å². The highest BCUT2D eigenvalue weighted by atomic mass is 32.1. The molecule has 0 amide bonds. The first-order chi connectivity index (χ1) is 15.7. The monoisotopic (exact) mass is 440 g/mol. The van der Waals surface area contributed by atoms with Gasteiger partial charge in [0.25, 0.3) is 0 Å². The Morgan fingerprint density at radius 1 is 1.19 bits per heavy atom. The van der Waals surface area contributed by atoms with Crippen molar-refractivity contribution in [3.63, 3.8) is 0 Å². The molecule has 1 aliphatic heterocycles. The van der Waals surface area contributed by atoms with Crippen LogP contribution in [0.15, 0.2) is 42.0 Å². The zero-order valence-corrected chi connectivity index (χ0v) is 18.8. The molecule has 4 heterocycles. The van der Waals surface area contributed by atoms with Gasteiger partial charge in [0.15, 0.2) is 0 Å². The topological polar surface area (TPSA) is 71.0 Å². The Hall–Kier alpha value is -3.36. The van der Waals surface area contributed by atoms with Gasteiger partial charge in [-0.1, -0.05) is 11.8 Å². The predicted molar refractivity (Wildman–Crippen MR) is 131 cm³/mol. The molecule has 32 heavy (non-hydrogen) atoms. The quantitative estimate of drug-likeness (QED) is 0.461. The van der Waals surface area contributed by atoms with E-state index in [-0.39, 0.29) is 0 Å². The zero-order chi connectivity index (χ0) is 21.9. The van der Waals surface area contributed by atoms with E-state index in [0.29, 0.717) is 5.56 Å². The second-order valence-corrected chi connectivity index (χ2v) is 8.95. The van der Waals surface area contributed by atoms with Crippen LogP contribution in [0.5, 0.6) is 0 Å².